The highest BCUT2D eigenvalue weighted by atomic mass is 16.5. The van der Waals surface area contributed by atoms with Gasteiger partial charge in [-0.2, -0.15) is 0 Å². The Kier molecular flexibility index (Phi) is 9.00. The van der Waals surface area contributed by atoms with E-state index >= 15 is 0 Å². The maximum Gasteiger partial charge on any atom is 0.251 e. The van der Waals surface area contributed by atoms with Crippen molar-refractivity contribution in [2.45, 2.75) is 13.3 Å². The molecule has 2 N–H and O–H groups in total. The molecular formula is C23H32N4O3. The van der Waals surface area contributed by atoms with E-state index in [0.717, 1.165) is 41.6 Å². The van der Waals surface area contributed by atoms with Crippen LogP contribution in [0.25, 0.3) is 0 Å². The third-order valence-corrected chi connectivity index (χ3v) is 4.73. The molecule has 0 atom stereocenters. The number of aliphatic imine (C=N–C) groups is 1. The van der Waals surface area contributed by atoms with E-state index in [1.807, 2.05) is 56.4 Å². The Morgan fingerprint density at radius 3 is 2.43 bits per heavy atom. The molecule has 0 saturated carbocycles. The summed E-state index contributed by atoms with van der Waals surface area (Å²) in [5.41, 5.74) is 2.89. The molecule has 0 unspecified atom stereocenters. The second-order valence-electron chi connectivity index (χ2n) is 6.96. The van der Waals surface area contributed by atoms with Crippen molar-refractivity contribution in [1.82, 2.24) is 15.5 Å². The van der Waals surface area contributed by atoms with Crippen LogP contribution in [0, 0.1) is 6.92 Å². The third kappa shape index (κ3) is 6.69. The number of carbonyl (C=O) groups is 1. The average molecular weight is 413 g/mol. The third-order valence-electron chi connectivity index (χ3n) is 4.73. The highest BCUT2D eigenvalue weighted by Gasteiger charge is 2.09. The van der Waals surface area contributed by atoms with E-state index < -0.39 is 0 Å². The summed E-state index contributed by atoms with van der Waals surface area (Å²) in [6, 6.07) is 13.5. The van der Waals surface area contributed by atoms with Crippen LogP contribution < -0.4 is 20.1 Å². The molecule has 30 heavy (non-hydrogen) atoms. The summed E-state index contributed by atoms with van der Waals surface area (Å²) in [6.07, 6.45) is 0.835. The lowest BCUT2D eigenvalue weighted by Gasteiger charge is -2.22. The van der Waals surface area contributed by atoms with Crippen LogP contribution in [0.1, 0.15) is 21.5 Å². The average Bonchev–Trinajstić information content (AvgIpc) is 2.77. The maximum atomic E-state index is 12.2. The van der Waals surface area contributed by atoms with Gasteiger partial charge in [-0.05, 0) is 43.2 Å². The Balaban J connectivity index is 1.78. The number of nitrogens with zero attached hydrogens (tertiary/aromatic N) is 2. The van der Waals surface area contributed by atoms with Crippen LogP contribution >= 0.6 is 0 Å². The summed E-state index contributed by atoms with van der Waals surface area (Å²) in [5.74, 6) is 2.15. The zero-order chi connectivity index (χ0) is 21.9. The van der Waals surface area contributed by atoms with Gasteiger partial charge in [-0.1, -0.05) is 23.8 Å². The predicted molar refractivity (Wildman–Crippen MR) is 121 cm³/mol. The number of amides is 1. The van der Waals surface area contributed by atoms with Crippen molar-refractivity contribution in [3.05, 3.63) is 59.2 Å². The van der Waals surface area contributed by atoms with E-state index in [1.54, 1.807) is 21.3 Å². The molecular weight excluding hydrogens is 380 g/mol. The number of methoxy groups -OCH3 is 2. The lowest BCUT2D eigenvalue weighted by atomic mass is 10.1. The largest absolute Gasteiger partial charge is 0.493 e. The highest BCUT2D eigenvalue weighted by Crippen LogP contribution is 2.27. The van der Waals surface area contributed by atoms with Crippen molar-refractivity contribution >= 4 is 11.9 Å². The van der Waals surface area contributed by atoms with Gasteiger partial charge in [0.25, 0.3) is 5.91 Å². The number of rotatable bonds is 9. The van der Waals surface area contributed by atoms with Gasteiger partial charge in [0.2, 0.25) is 0 Å². The summed E-state index contributed by atoms with van der Waals surface area (Å²) in [7, 11) is 7.00. The fourth-order valence-corrected chi connectivity index (χ4v) is 3.06. The van der Waals surface area contributed by atoms with E-state index in [1.165, 1.54) is 0 Å². The first-order valence-corrected chi connectivity index (χ1v) is 9.96. The van der Waals surface area contributed by atoms with Crippen LogP contribution in [0.4, 0.5) is 0 Å². The molecule has 0 aliphatic carbocycles. The van der Waals surface area contributed by atoms with E-state index in [4.69, 9.17) is 9.47 Å². The first-order chi connectivity index (χ1) is 14.5. The standard InChI is InChI=1S/C23H32N4O3/c1-17-7-6-8-19(15-17)22(28)25-12-13-26-23(24-2)27(3)14-11-18-9-10-20(29-4)21(16-18)30-5/h6-10,15-16H,11-14H2,1-5H3,(H,24,26)(H,25,28). The number of benzene rings is 2. The molecule has 2 aromatic rings. The van der Waals surface area contributed by atoms with Crippen molar-refractivity contribution in [3.8, 4) is 11.5 Å². The van der Waals surface area contributed by atoms with Crippen molar-refractivity contribution in [1.29, 1.82) is 0 Å². The molecule has 0 aliphatic rings. The number of hydrogen-bond acceptors (Lipinski definition) is 4. The summed E-state index contributed by atoms with van der Waals surface area (Å²) >= 11 is 0. The Bertz CT molecular complexity index is 867. The van der Waals surface area contributed by atoms with Gasteiger partial charge in [0.15, 0.2) is 17.5 Å². The van der Waals surface area contributed by atoms with Crippen molar-refractivity contribution < 1.29 is 14.3 Å². The molecule has 0 bridgehead atoms. The maximum absolute atomic E-state index is 12.2. The van der Waals surface area contributed by atoms with Crippen molar-refractivity contribution in [3.63, 3.8) is 0 Å². The number of carbonyl (C=O) groups excluding carboxylic acids is 1. The Labute approximate surface area is 179 Å². The highest BCUT2D eigenvalue weighted by molar-refractivity contribution is 5.94. The lowest BCUT2D eigenvalue weighted by molar-refractivity contribution is 0.0954. The fourth-order valence-electron chi connectivity index (χ4n) is 3.06. The number of likely N-dealkylation sites (N-methyl/N-ethyl adjacent to an activating group) is 1. The zero-order valence-electron chi connectivity index (χ0n) is 18.5. The molecule has 0 spiro atoms. The summed E-state index contributed by atoms with van der Waals surface area (Å²) in [4.78, 5) is 18.6. The second-order valence-corrected chi connectivity index (χ2v) is 6.96. The number of guanidine groups is 1. The Morgan fingerprint density at radius 1 is 1.03 bits per heavy atom. The molecule has 7 nitrogen and oxygen atoms in total. The summed E-state index contributed by atoms with van der Waals surface area (Å²) in [5, 5.41) is 6.21. The first kappa shape index (κ1) is 23.1. The van der Waals surface area contributed by atoms with Gasteiger partial charge < -0.3 is 25.0 Å². The molecule has 0 aromatic heterocycles. The molecule has 0 aliphatic heterocycles. The monoisotopic (exact) mass is 412 g/mol. The summed E-state index contributed by atoms with van der Waals surface area (Å²) < 4.78 is 10.7. The quantitative estimate of drug-likeness (QED) is 0.376. The minimum absolute atomic E-state index is 0.0719. The SMILES string of the molecule is CN=C(NCCNC(=O)c1cccc(C)c1)N(C)CCc1ccc(OC)c(OC)c1. The van der Waals surface area contributed by atoms with E-state index in [0.29, 0.717) is 18.7 Å². The minimum Gasteiger partial charge on any atom is -0.493 e. The minimum atomic E-state index is -0.0719. The van der Waals surface area contributed by atoms with Crippen LogP contribution in [0.2, 0.25) is 0 Å². The number of hydrogen-bond donors (Lipinski definition) is 2. The van der Waals surface area contributed by atoms with Gasteiger partial charge in [0.1, 0.15) is 0 Å². The van der Waals surface area contributed by atoms with E-state index in [9.17, 15) is 4.79 Å². The van der Waals surface area contributed by atoms with Gasteiger partial charge in [-0.25, -0.2) is 0 Å². The lowest BCUT2D eigenvalue weighted by Crippen LogP contribution is -2.43. The molecule has 7 heteroatoms. The van der Waals surface area contributed by atoms with Gasteiger partial charge in [0.05, 0.1) is 14.2 Å². The van der Waals surface area contributed by atoms with Gasteiger partial charge in [-0.15, -0.1) is 0 Å². The fraction of sp³-hybridized carbons (Fsp3) is 0.391. The topological polar surface area (TPSA) is 75.2 Å². The molecule has 0 fully saturated rings. The van der Waals surface area contributed by atoms with E-state index in [-0.39, 0.29) is 5.91 Å². The smallest absolute Gasteiger partial charge is 0.251 e. The van der Waals surface area contributed by atoms with Crippen LogP contribution in [0.15, 0.2) is 47.5 Å². The molecule has 162 valence electrons. The van der Waals surface area contributed by atoms with Gasteiger partial charge in [0, 0.05) is 39.3 Å². The van der Waals surface area contributed by atoms with Gasteiger partial charge in [-0.3, -0.25) is 9.79 Å². The molecule has 1 amide bonds. The molecule has 2 aromatic carbocycles. The number of ether oxygens (including phenoxy) is 2. The van der Waals surface area contributed by atoms with Crippen molar-refractivity contribution in [2.24, 2.45) is 4.99 Å². The van der Waals surface area contributed by atoms with Crippen LogP contribution in [0.5, 0.6) is 11.5 Å². The van der Waals surface area contributed by atoms with Crippen LogP contribution in [-0.2, 0) is 6.42 Å². The zero-order valence-corrected chi connectivity index (χ0v) is 18.5. The van der Waals surface area contributed by atoms with Crippen LogP contribution in [-0.4, -0.2) is 64.7 Å². The Hall–Kier alpha value is -3.22. The Morgan fingerprint density at radius 2 is 1.77 bits per heavy atom. The normalized spacial score (nSPS) is 11.0. The first-order valence-electron chi connectivity index (χ1n) is 9.96. The second kappa shape index (κ2) is 11.7. The number of aryl methyl sites for hydroxylation is 1. The number of nitrogens with one attached hydrogen (secondary N) is 2. The van der Waals surface area contributed by atoms with Crippen molar-refractivity contribution in [2.75, 3.05) is 47.9 Å². The van der Waals surface area contributed by atoms with E-state index in [2.05, 4.69) is 20.5 Å². The van der Waals surface area contributed by atoms with Gasteiger partial charge >= 0.3 is 0 Å². The van der Waals surface area contributed by atoms with Crippen LogP contribution in [0.3, 0.4) is 0 Å². The molecule has 2 rings (SSSR count). The summed E-state index contributed by atoms with van der Waals surface area (Å²) in [6.45, 7) is 3.85. The molecule has 0 saturated heterocycles. The molecule has 0 radical (unpaired) electrons. The predicted octanol–water partition coefficient (Wildman–Crippen LogP) is 2.49. The molecule has 0 heterocycles.